The van der Waals surface area contributed by atoms with Crippen LogP contribution >= 0.6 is 0 Å². The number of aromatic amines is 1. The van der Waals surface area contributed by atoms with Gasteiger partial charge >= 0.3 is 0 Å². The van der Waals surface area contributed by atoms with Gasteiger partial charge in [0.15, 0.2) is 0 Å². The fourth-order valence-corrected chi connectivity index (χ4v) is 2.39. The van der Waals surface area contributed by atoms with Crippen molar-refractivity contribution in [3.05, 3.63) is 35.9 Å². The molecule has 0 radical (unpaired) electrons. The van der Waals surface area contributed by atoms with E-state index in [1.54, 1.807) is 4.90 Å². The van der Waals surface area contributed by atoms with E-state index >= 15 is 0 Å². The molecule has 1 amide bonds. The zero-order valence-electron chi connectivity index (χ0n) is 11.6. The van der Waals surface area contributed by atoms with Crippen LogP contribution in [0.15, 0.2) is 24.3 Å². The Kier molecular flexibility index (Phi) is 3.14. The smallest absolute Gasteiger partial charge is 0.298 e. The van der Waals surface area contributed by atoms with Crippen molar-refractivity contribution in [2.24, 2.45) is 0 Å². The maximum atomic E-state index is 12.6. The molecule has 0 bridgehead atoms. The van der Waals surface area contributed by atoms with Crippen molar-refractivity contribution in [3.63, 3.8) is 0 Å². The van der Waals surface area contributed by atoms with Gasteiger partial charge in [-0.25, -0.2) is 4.98 Å². The van der Waals surface area contributed by atoms with Gasteiger partial charge in [-0.05, 0) is 12.1 Å². The molecule has 6 heteroatoms. The lowest BCUT2D eigenvalue weighted by atomic mass is 10.1. The van der Waals surface area contributed by atoms with Gasteiger partial charge in [0, 0.05) is 26.6 Å². The summed E-state index contributed by atoms with van der Waals surface area (Å²) in [6.07, 6.45) is 0.736. The monoisotopic (exact) mass is 271 g/mol. The fraction of sp³-hybridized carbons (Fsp3) is 0.357. The number of nitrogens with one attached hydrogen (secondary N) is 1. The van der Waals surface area contributed by atoms with E-state index in [4.69, 9.17) is 0 Å². The van der Waals surface area contributed by atoms with Crippen LogP contribution in [0.4, 0.5) is 11.4 Å². The minimum atomic E-state index is -0.151. The van der Waals surface area contributed by atoms with Gasteiger partial charge in [-0.2, -0.15) is 0 Å². The third-order valence-electron chi connectivity index (χ3n) is 3.55. The van der Waals surface area contributed by atoms with Crippen LogP contribution in [0.25, 0.3) is 0 Å². The SMILES string of the molecule is CCc1nc(C(=O)N2CCN(C)c3ccccc32)n[nH]1. The molecule has 1 aromatic carbocycles. The molecular weight excluding hydrogens is 254 g/mol. The minimum absolute atomic E-state index is 0.151. The highest BCUT2D eigenvalue weighted by Gasteiger charge is 2.27. The number of likely N-dealkylation sites (N-methyl/N-ethyl adjacent to an activating group) is 1. The number of hydrogen-bond acceptors (Lipinski definition) is 4. The third-order valence-corrected chi connectivity index (χ3v) is 3.55. The summed E-state index contributed by atoms with van der Waals surface area (Å²) in [6, 6.07) is 7.89. The van der Waals surface area contributed by atoms with Crippen LogP contribution in [0.2, 0.25) is 0 Å². The van der Waals surface area contributed by atoms with Gasteiger partial charge in [-0.1, -0.05) is 19.1 Å². The normalized spacial score (nSPS) is 14.3. The molecule has 0 saturated heterocycles. The molecule has 1 aliphatic heterocycles. The molecule has 1 aromatic heterocycles. The quantitative estimate of drug-likeness (QED) is 0.898. The number of carbonyl (C=O) groups excluding carboxylic acids is 1. The molecule has 0 saturated carbocycles. The highest BCUT2D eigenvalue weighted by molar-refractivity contribution is 6.06. The van der Waals surface area contributed by atoms with E-state index < -0.39 is 0 Å². The summed E-state index contributed by atoms with van der Waals surface area (Å²) >= 11 is 0. The molecule has 2 heterocycles. The fourth-order valence-electron chi connectivity index (χ4n) is 2.39. The van der Waals surface area contributed by atoms with E-state index in [9.17, 15) is 4.79 Å². The lowest BCUT2D eigenvalue weighted by Crippen LogP contribution is -2.43. The van der Waals surface area contributed by atoms with Crippen LogP contribution in [0, 0.1) is 0 Å². The van der Waals surface area contributed by atoms with Crippen LogP contribution in [0.1, 0.15) is 23.4 Å². The van der Waals surface area contributed by atoms with Gasteiger partial charge in [0.05, 0.1) is 11.4 Å². The Labute approximate surface area is 117 Å². The number of anilines is 2. The molecular formula is C14H17N5O. The number of aryl methyl sites for hydroxylation is 1. The number of hydrogen-bond donors (Lipinski definition) is 1. The highest BCUT2D eigenvalue weighted by Crippen LogP contribution is 2.32. The average Bonchev–Trinajstić information content (AvgIpc) is 2.96. The van der Waals surface area contributed by atoms with E-state index in [0.717, 1.165) is 30.2 Å². The van der Waals surface area contributed by atoms with E-state index in [2.05, 4.69) is 20.1 Å². The molecule has 3 rings (SSSR count). The molecule has 0 fully saturated rings. The Balaban J connectivity index is 1.95. The van der Waals surface area contributed by atoms with Crippen molar-refractivity contribution < 1.29 is 4.79 Å². The van der Waals surface area contributed by atoms with E-state index in [1.807, 2.05) is 38.2 Å². The van der Waals surface area contributed by atoms with Crippen LogP contribution in [-0.2, 0) is 6.42 Å². The van der Waals surface area contributed by atoms with Crippen LogP contribution in [0.5, 0.6) is 0 Å². The van der Waals surface area contributed by atoms with E-state index in [-0.39, 0.29) is 11.7 Å². The number of nitrogens with zero attached hydrogens (tertiary/aromatic N) is 4. The van der Waals surface area contributed by atoms with Gasteiger partial charge in [0.2, 0.25) is 5.82 Å². The van der Waals surface area contributed by atoms with Crippen molar-refractivity contribution in [1.29, 1.82) is 0 Å². The maximum Gasteiger partial charge on any atom is 0.298 e. The Morgan fingerprint density at radius 1 is 1.30 bits per heavy atom. The van der Waals surface area contributed by atoms with E-state index in [1.165, 1.54) is 0 Å². The Morgan fingerprint density at radius 2 is 2.05 bits per heavy atom. The topological polar surface area (TPSA) is 65.1 Å². The molecule has 0 aliphatic carbocycles. The first-order valence-corrected chi connectivity index (χ1v) is 6.74. The molecule has 104 valence electrons. The van der Waals surface area contributed by atoms with Gasteiger partial charge in [0.1, 0.15) is 5.82 Å². The Morgan fingerprint density at radius 3 is 2.75 bits per heavy atom. The summed E-state index contributed by atoms with van der Waals surface area (Å²) in [5.41, 5.74) is 1.97. The van der Waals surface area contributed by atoms with Crippen molar-refractivity contribution in [3.8, 4) is 0 Å². The summed E-state index contributed by atoms with van der Waals surface area (Å²) < 4.78 is 0. The Hall–Kier alpha value is -2.37. The molecule has 0 unspecified atom stereocenters. The molecule has 2 aromatic rings. The zero-order chi connectivity index (χ0) is 14.1. The largest absolute Gasteiger partial charge is 0.371 e. The number of rotatable bonds is 2. The van der Waals surface area contributed by atoms with Crippen LogP contribution in [0.3, 0.4) is 0 Å². The lowest BCUT2D eigenvalue weighted by Gasteiger charge is -2.35. The van der Waals surface area contributed by atoms with Gasteiger partial charge < -0.3 is 9.80 Å². The molecule has 1 N–H and O–H groups in total. The highest BCUT2D eigenvalue weighted by atomic mass is 16.2. The van der Waals surface area contributed by atoms with Gasteiger partial charge in [0.25, 0.3) is 5.91 Å². The van der Waals surface area contributed by atoms with Crippen molar-refractivity contribution in [2.75, 3.05) is 29.9 Å². The number of benzene rings is 1. The summed E-state index contributed by atoms with van der Waals surface area (Å²) in [7, 11) is 2.03. The molecule has 0 atom stereocenters. The van der Waals surface area contributed by atoms with Gasteiger partial charge in [-0.3, -0.25) is 9.89 Å². The lowest BCUT2D eigenvalue weighted by molar-refractivity contribution is 0.0977. The second-order valence-electron chi connectivity index (χ2n) is 4.83. The standard InChI is InChI=1S/C14H17N5O/c1-3-12-15-13(17-16-12)14(20)19-9-8-18(2)10-6-4-5-7-11(10)19/h4-7H,3,8-9H2,1-2H3,(H,15,16,17). The second kappa shape index (κ2) is 4.96. The molecule has 1 aliphatic rings. The first-order valence-electron chi connectivity index (χ1n) is 6.74. The number of aromatic nitrogens is 3. The van der Waals surface area contributed by atoms with E-state index in [0.29, 0.717) is 6.54 Å². The first-order chi connectivity index (χ1) is 9.70. The first kappa shape index (κ1) is 12.7. The summed E-state index contributed by atoms with van der Waals surface area (Å²) in [4.78, 5) is 20.7. The molecule has 6 nitrogen and oxygen atoms in total. The summed E-state index contributed by atoms with van der Waals surface area (Å²) in [6.45, 7) is 3.41. The van der Waals surface area contributed by atoms with Crippen LogP contribution < -0.4 is 9.80 Å². The average molecular weight is 271 g/mol. The van der Waals surface area contributed by atoms with Gasteiger partial charge in [-0.15, -0.1) is 5.10 Å². The Bertz CT molecular complexity index is 636. The van der Waals surface area contributed by atoms with Crippen LogP contribution in [-0.4, -0.2) is 41.2 Å². The number of amides is 1. The summed E-state index contributed by atoms with van der Waals surface area (Å²) in [5.74, 6) is 0.818. The molecule has 20 heavy (non-hydrogen) atoms. The van der Waals surface area contributed by atoms with Crippen molar-refractivity contribution in [1.82, 2.24) is 15.2 Å². The summed E-state index contributed by atoms with van der Waals surface area (Å²) in [5, 5.41) is 6.80. The third kappa shape index (κ3) is 2.03. The number of carbonyl (C=O) groups is 1. The predicted octanol–water partition coefficient (Wildman–Crippen LogP) is 1.46. The number of fused-ring (bicyclic) bond motifs is 1. The predicted molar refractivity (Wildman–Crippen MR) is 77.1 cm³/mol. The zero-order valence-corrected chi connectivity index (χ0v) is 11.6. The van der Waals surface area contributed by atoms with Crippen molar-refractivity contribution >= 4 is 17.3 Å². The molecule has 0 spiro atoms. The number of H-pyrrole nitrogens is 1. The second-order valence-corrected chi connectivity index (χ2v) is 4.83. The van der Waals surface area contributed by atoms with Crippen molar-refractivity contribution in [2.45, 2.75) is 13.3 Å². The number of para-hydroxylation sites is 2. The minimum Gasteiger partial charge on any atom is -0.371 e. The maximum absolute atomic E-state index is 12.6.